The molecule has 0 saturated heterocycles. The maximum absolute atomic E-state index is 13.2. The fourth-order valence-electron chi connectivity index (χ4n) is 1.86. The van der Waals surface area contributed by atoms with E-state index in [-0.39, 0.29) is 10.4 Å². The highest BCUT2D eigenvalue weighted by atomic mass is 79.9. The van der Waals surface area contributed by atoms with Crippen LogP contribution in [0.2, 0.25) is 0 Å². The molecule has 0 aromatic heterocycles. The van der Waals surface area contributed by atoms with Crippen molar-refractivity contribution in [3.05, 3.63) is 61.8 Å². The van der Waals surface area contributed by atoms with Crippen molar-refractivity contribution in [2.24, 2.45) is 0 Å². The molecule has 0 fully saturated rings. The van der Waals surface area contributed by atoms with E-state index in [1.165, 1.54) is 18.2 Å². The van der Waals surface area contributed by atoms with Gasteiger partial charge in [0.15, 0.2) is 0 Å². The smallest absolute Gasteiger partial charge is 0.255 e. The van der Waals surface area contributed by atoms with Crippen LogP contribution in [0.15, 0.2) is 39.3 Å². The van der Waals surface area contributed by atoms with Gasteiger partial charge in [-0.15, -0.1) is 0 Å². The van der Waals surface area contributed by atoms with Gasteiger partial charge in [0.1, 0.15) is 5.82 Å². The topological polar surface area (TPSA) is 29.1 Å². The molecule has 0 aliphatic heterocycles. The number of benzene rings is 2. The maximum atomic E-state index is 13.2. The van der Waals surface area contributed by atoms with E-state index < -0.39 is 5.82 Å². The molecule has 2 aromatic carbocycles. The van der Waals surface area contributed by atoms with Crippen LogP contribution in [0.5, 0.6) is 0 Å². The zero-order valence-corrected chi connectivity index (χ0v) is 14.1. The lowest BCUT2D eigenvalue weighted by atomic mass is 10.1. The lowest BCUT2D eigenvalue weighted by Crippen LogP contribution is -2.12. The van der Waals surface area contributed by atoms with Gasteiger partial charge in [0.25, 0.3) is 5.91 Å². The largest absolute Gasteiger partial charge is 0.322 e. The Labute approximate surface area is 133 Å². The summed E-state index contributed by atoms with van der Waals surface area (Å²) in [4.78, 5) is 12.1. The van der Waals surface area contributed by atoms with E-state index in [0.29, 0.717) is 11.3 Å². The summed E-state index contributed by atoms with van der Waals surface area (Å²) >= 11 is 6.55. The van der Waals surface area contributed by atoms with Crippen molar-refractivity contribution in [2.75, 3.05) is 5.32 Å². The minimum Gasteiger partial charge on any atom is -0.322 e. The van der Waals surface area contributed by atoms with Crippen LogP contribution in [-0.2, 0) is 0 Å². The van der Waals surface area contributed by atoms with E-state index in [0.717, 1.165) is 15.6 Å². The number of nitrogens with one attached hydrogen (secondary N) is 1. The van der Waals surface area contributed by atoms with E-state index in [2.05, 4.69) is 37.2 Å². The molecule has 0 aliphatic carbocycles. The highest BCUT2D eigenvalue weighted by Gasteiger charge is 2.10. The predicted octanol–water partition coefficient (Wildman–Crippen LogP) is 5.22. The van der Waals surface area contributed by atoms with Crippen LogP contribution in [-0.4, -0.2) is 5.91 Å². The zero-order valence-electron chi connectivity index (χ0n) is 10.9. The van der Waals surface area contributed by atoms with Crippen LogP contribution in [0.1, 0.15) is 21.5 Å². The Kier molecular flexibility index (Phi) is 4.60. The molecule has 5 heteroatoms. The third-order valence-corrected chi connectivity index (χ3v) is 4.73. The van der Waals surface area contributed by atoms with E-state index >= 15 is 0 Å². The second kappa shape index (κ2) is 6.06. The monoisotopic (exact) mass is 399 g/mol. The third-order valence-electron chi connectivity index (χ3n) is 2.88. The van der Waals surface area contributed by atoms with Crippen molar-refractivity contribution in [3.63, 3.8) is 0 Å². The van der Waals surface area contributed by atoms with Crippen LogP contribution < -0.4 is 5.32 Å². The highest BCUT2D eigenvalue weighted by Crippen LogP contribution is 2.25. The molecule has 20 heavy (non-hydrogen) atoms. The minimum atomic E-state index is -0.392. The quantitative estimate of drug-likeness (QED) is 0.735. The molecule has 0 bridgehead atoms. The van der Waals surface area contributed by atoms with Gasteiger partial charge >= 0.3 is 0 Å². The normalized spacial score (nSPS) is 10.4. The first-order valence-electron chi connectivity index (χ1n) is 5.91. The van der Waals surface area contributed by atoms with E-state index in [9.17, 15) is 9.18 Å². The average Bonchev–Trinajstić information content (AvgIpc) is 2.39. The van der Waals surface area contributed by atoms with Gasteiger partial charge in [-0.3, -0.25) is 4.79 Å². The first kappa shape index (κ1) is 15.2. The highest BCUT2D eigenvalue weighted by molar-refractivity contribution is 9.10. The molecule has 0 unspecified atom stereocenters. The first-order chi connectivity index (χ1) is 9.38. The number of hydrogen-bond acceptors (Lipinski definition) is 1. The summed E-state index contributed by atoms with van der Waals surface area (Å²) in [5, 5.41) is 2.81. The summed E-state index contributed by atoms with van der Waals surface area (Å²) < 4.78 is 14.5. The van der Waals surface area contributed by atoms with Gasteiger partial charge in [-0.2, -0.15) is 0 Å². The lowest BCUT2D eigenvalue weighted by molar-refractivity contribution is 0.102. The molecule has 2 aromatic rings. The molecule has 0 heterocycles. The summed E-state index contributed by atoms with van der Waals surface area (Å²) in [5.41, 5.74) is 3.20. The molecule has 104 valence electrons. The Balaban J connectivity index is 2.25. The van der Waals surface area contributed by atoms with Gasteiger partial charge in [-0.05, 0) is 71.2 Å². The molecular formula is C15H12Br2FNO. The summed E-state index contributed by atoms with van der Waals surface area (Å²) in [5.74, 6) is -0.663. The van der Waals surface area contributed by atoms with Gasteiger partial charge < -0.3 is 5.32 Å². The Morgan fingerprint density at radius 3 is 2.25 bits per heavy atom. The Hall–Kier alpha value is -1.20. The van der Waals surface area contributed by atoms with E-state index in [1.807, 2.05) is 26.0 Å². The van der Waals surface area contributed by atoms with Crippen LogP contribution in [0, 0.1) is 19.7 Å². The van der Waals surface area contributed by atoms with Crippen LogP contribution in [0.4, 0.5) is 10.1 Å². The van der Waals surface area contributed by atoms with Crippen LogP contribution in [0.3, 0.4) is 0 Å². The molecule has 2 rings (SSSR count). The maximum Gasteiger partial charge on any atom is 0.255 e. The van der Waals surface area contributed by atoms with E-state index in [1.54, 1.807) is 0 Å². The lowest BCUT2D eigenvalue weighted by Gasteiger charge is -2.10. The number of carbonyl (C=O) groups is 1. The minimum absolute atomic E-state index is 0.271. The number of amides is 1. The van der Waals surface area contributed by atoms with Crippen molar-refractivity contribution in [1.82, 2.24) is 0 Å². The van der Waals surface area contributed by atoms with Gasteiger partial charge in [0.05, 0.1) is 4.47 Å². The molecule has 0 aliphatic rings. The number of halogens is 3. The fraction of sp³-hybridized carbons (Fsp3) is 0.133. The summed E-state index contributed by atoms with van der Waals surface area (Å²) in [6, 6.07) is 7.94. The van der Waals surface area contributed by atoms with Gasteiger partial charge in [0, 0.05) is 15.7 Å². The number of rotatable bonds is 2. The van der Waals surface area contributed by atoms with Crippen molar-refractivity contribution in [2.45, 2.75) is 13.8 Å². The van der Waals surface area contributed by atoms with Crippen molar-refractivity contribution >= 4 is 43.5 Å². The Morgan fingerprint density at radius 2 is 1.70 bits per heavy atom. The Morgan fingerprint density at radius 1 is 1.10 bits per heavy atom. The van der Waals surface area contributed by atoms with Crippen LogP contribution >= 0.6 is 31.9 Å². The van der Waals surface area contributed by atoms with Crippen LogP contribution in [0.25, 0.3) is 0 Å². The van der Waals surface area contributed by atoms with Crippen molar-refractivity contribution in [3.8, 4) is 0 Å². The Bertz CT molecular complexity index is 663. The second-order valence-electron chi connectivity index (χ2n) is 4.51. The standard InChI is InChI=1S/C15H12Br2FNO/c1-8-5-11(6-9(2)14(8)17)19-15(20)10-3-4-13(18)12(16)7-10/h3-7H,1-2H3,(H,19,20). The number of aryl methyl sites for hydroxylation is 2. The zero-order chi connectivity index (χ0) is 14.9. The molecule has 1 N–H and O–H groups in total. The summed E-state index contributed by atoms with van der Waals surface area (Å²) in [6.45, 7) is 3.92. The van der Waals surface area contributed by atoms with Gasteiger partial charge in [-0.1, -0.05) is 15.9 Å². The molecule has 0 saturated carbocycles. The van der Waals surface area contributed by atoms with Gasteiger partial charge in [-0.25, -0.2) is 4.39 Å². The van der Waals surface area contributed by atoms with Crippen molar-refractivity contribution < 1.29 is 9.18 Å². The first-order valence-corrected chi connectivity index (χ1v) is 7.50. The number of hydrogen-bond donors (Lipinski definition) is 1. The summed E-state index contributed by atoms with van der Waals surface area (Å²) in [6.07, 6.45) is 0. The molecule has 0 atom stereocenters. The number of anilines is 1. The molecule has 2 nitrogen and oxygen atoms in total. The predicted molar refractivity (Wildman–Crippen MR) is 85.7 cm³/mol. The van der Waals surface area contributed by atoms with Gasteiger partial charge in [0.2, 0.25) is 0 Å². The summed E-state index contributed by atoms with van der Waals surface area (Å²) in [7, 11) is 0. The molecule has 1 amide bonds. The molecular weight excluding hydrogens is 389 g/mol. The molecule has 0 spiro atoms. The average molecular weight is 401 g/mol. The molecule has 0 radical (unpaired) electrons. The van der Waals surface area contributed by atoms with E-state index in [4.69, 9.17) is 0 Å². The third kappa shape index (κ3) is 3.27. The number of carbonyl (C=O) groups excluding carboxylic acids is 1. The second-order valence-corrected chi connectivity index (χ2v) is 6.15. The SMILES string of the molecule is Cc1cc(NC(=O)c2ccc(F)c(Br)c2)cc(C)c1Br. The fourth-order valence-corrected chi connectivity index (χ4v) is 2.47. The van der Waals surface area contributed by atoms with Crippen molar-refractivity contribution in [1.29, 1.82) is 0 Å².